The number of benzene rings is 2. The first-order valence-corrected chi connectivity index (χ1v) is 19.7. The maximum Gasteiger partial charge on any atom is 0.412 e. The minimum atomic E-state index is -1.49. The monoisotopic (exact) mass is 777 g/mol. The number of ether oxygens (including phenoxy) is 6. The zero-order valence-electron chi connectivity index (χ0n) is 32.6. The summed E-state index contributed by atoms with van der Waals surface area (Å²) in [7, 11) is 1.50. The largest absolute Gasteiger partial charge is 0.459 e. The Hall–Kier alpha value is -4.79. The van der Waals surface area contributed by atoms with E-state index in [1.165, 1.54) is 7.11 Å². The predicted molar refractivity (Wildman–Crippen MR) is 207 cm³/mol. The fourth-order valence-electron chi connectivity index (χ4n) is 8.85. The third kappa shape index (κ3) is 8.47. The lowest BCUT2D eigenvalue weighted by atomic mass is 9.55. The Morgan fingerprint density at radius 1 is 1.04 bits per heavy atom. The normalized spacial score (nSPS) is 24.9. The first-order chi connectivity index (χ1) is 27.3. The number of carbonyl (C=O) groups excluding carboxylic acids is 2. The van der Waals surface area contributed by atoms with Crippen molar-refractivity contribution in [3.63, 3.8) is 0 Å². The van der Waals surface area contributed by atoms with Gasteiger partial charge in [0, 0.05) is 44.2 Å². The Morgan fingerprint density at radius 2 is 1.80 bits per heavy atom. The van der Waals surface area contributed by atoms with Gasteiger partial charge in [-0.1, -0.05) is 36.2 Å². The molecule has 3 N–H and O–H groups in total. The molecule has 14 nitrogen and oxygen atoms in total. The summed E-state index contributed by atoms with van der Waals surface area (Å²) in [5.41, 5.74) is 3.14. The lowest BCUT2D eigenvalue weighted by Crippen LogP contribution is -2.70. The van der Waals surface area contributed by atoms with E-state index >= 15 is 0 Å². The maximum absolute atomic E-state index is 14.3. The van der Waals surface area contributed by atoms with Gasteiger partial charge in [0.15, 0.2) is 11.5 Å². The van der Waals surface area contributed by atoms with Crippen LogP contribution in [0.3, 0.4) is 0 Å². The van der Waals surface area contributed by atoms with Crippen molar-refractivity contribution in [2.24, 2.45) is 22.9 Å². The highest BCUT2D eigenvalue weighted by Gasteiger charge is 2.65. The SMILES string of the molecule is C=CCO[C@@]12Oc3ccc(OC(=O)NCC)cc3[C@H]3[C@H](CCCCO)[C@@H](CCCCO)C=C(C(=NOC)C[C@@H]1N(Cc1ccc4c(c1)OCO4)C(=O)OCC)[C@H]32. The third-order valence-corrected chi connectivity index (χ3v) is 11.0. The topological polar surface area (TPSA) is 167 Å². The standard InChI is InChI=1S/C42H55N3O11/c1-5-20-54-42-37(45(41(49)51-7-3)25-27-14-16-35-36(21-27)53-26-52-35)24-33(44-50-4)31-22-28(12-8-10-18-46)30(13-9-11-19-47)38(39(31)42)32-23-29(15-17-34(32)56-42)55-40(48)43-6-2/h5,14-17,21-23,28,30,37-39,46-47H,1,6-13,18-20,24-26H2,2-4H3,(H,43,48)/t28-,30+,37-,38+,39+,42+/m0/s1. The van der Waals surface area contributed by atoms with Gasteiger partial charge in [0.2, 0.25) is 12.6 Å². The summed E-state index contributed by atoms with van der Waals surface area (Å²) in [6.07, 6.45) is 7.40. The Bertz CT molecular complexity index is 1760. The second-order valence-electron chi connectivity index (χ2n) is 14.4. The second kappa shape index (κ2) is 18.9. The number of nitrogens with one attached hydrogen (secondary N) is 1. The molecule has 2 heterocycles. The molecule has 2 aromatic rings. The number of aliphatic hydroxyl groups is 2. The molecule has 0 unspecified atom stereocenters. The number of unbranched alkanes of at least 4 members (excludes halogenated alkanes) is 2. The average Bonchev–Trinajstić information content (AvgIpc) is 3.66. The average molecular weight is 778 g/mol. The highest BCUT2D eigenvalue weighted by molar-refractivity contribution is 6.03. The number of amides is 2. The Labute approximate surface area is 328 Å². The number of fused-ring (bicyclic) bond motifs is 3. The van der Waals surface area contributed by atoms with E-state index in [4.69, 9.17) is 33.3 Å². The molecule has 304 valence electrons. The van der Waals surface area contributed by atoms with Gasteiger partial charge < -0.3 is 48.8 Å². The molecule has 2 aliphatic carbocycles. The summed E-state index contributed by atoms with van der Waals surface area (Å²) < 4.78 is 36.9. The van der Waals surface area contributed by atoms with Gasteiger partial charge in [-0.25, -0.2) is 9.59 Å². The molecule has 0 radical (unpaired) electrons. The number of allylic oxidation sites excluding steroid dienone is 1. The van der Waals surface area contributed by atoms with Crippen LogP contribution in [0.2, 0.25) is 0 Å². The second-order valence-corrected chi connectivity index (χ2v) is 14.4. The van der Waals surface area contributed by atoms with Crippen LogP contribution in [-0.4, -0.2) is 91.7 Å². The lowest BCUT2D eigenvalue weighted by Gasteiger charge is -2.59. The molecule has 1 saturated carbocycles. The van der Waals surface area contributed by atoms with Crippen LogP contribution in [0.5, 0.6) is 23.0 Å². The number of oxime groups is 1. The fraction of sp³-hybridized carbons (Fsp3) is 0.548. The van der Waals surface area contributed by atoms with Crippen LogP contribution in [0.15, 0.2) is 65.9 Å². The summed E-state index contributed by atoms with van der Waals surface area (Å²) in [5.74, 6) is -0.185. The molecule has 56 heavy (non-hydrogen) atoms. The summed E-state index contributed by atoms with van der Waals surface area (Å²) in [6, 6.07) is 10.1. The quantitative estimate of drug-likeness (QED) is 0.0866. The number of hydrogen-bond acceptors (Lipinski definition) is 12. The number of carbonyl (C=O) groups is 2. The molecule has 0 spiro atoms. The van der Waals surface area contributed by atoms with Gasteiger partial charge in [-0.3, -0.25) is 4.90 Å². The predicted octanol–water partition coefficient (Wildman–Crippen LogP) is 6.45. The first kappa shape index (κ1) is 40.9. The summed E-state index contributed by atoms with van der Waals surface area (Å²) in [6.45, 7) is 8.60. The Balaban J connectivity index is 1.57. The van der Waals surface area contributed by atoms with Crippen LogP contribution in [0, 0.1) is 17.8 Å². The van der Waals surface area contributed by atoms with Gasteiger partial charge in [-0.05, 0) is 92.8 Å². The number of hydrogen-bond donors (Lipinski definition) is 3. The summed E-state index contributed by atoms with van der Waals surface area (Å²) >= 11 is 0. The number of nitrogens with zero attached hydrogens (tertiary/aromatic N) is 2. The minimum absolute atomic E-state index is 0.00415. The van der Waals surface area contributed by atoms with Crippen LogP contribution in [-0.2, 0) is 20.9 Å². The van der Waals surface area contributed by atoms with Crippen molar-refractivity contribution in [1.82, 2.24) is 10.2 Å². The maximum atomic E-state index is 14.3. The van der Waals surface area contributed by atoms with E-state index in [9.17, 15) is 19.8 Å². The molecule has 14 heteroatoms. The van der Waals surface area contributed by atoms with Gasteiger partial charge in [-0.15, -0.1) is 6.58 Å². The summed E-state index contributed by atoms with van der Waals surface area (Å²) in [4.78, 5) is 34.1. The van der Waals surface area contributed by atoms with Gasteiger partial charge in [0.1, 0.15) is 24.7 Å². The van der Waals surface area contributed by atoms with E-state index < -0.39 is 29.9 Å². The summed E-state index contributed by atoms with van der Waals surface area (Å²) in [5, 5.41) is 26.9. The zero-order chi connectivity index (χ0) is 39.7. The molecule has 0 bridgehead atoms. The van der Waals surface area contributed by atoms with Crippen LogP contribution >= 0.6 is 0 Å². The first-order valence-electron chi connectivity index (χ1n) is 19.7. The van der Waals surface area contributed by atoms with Crippen molar-refractivity contribution >= 4 is 17.9 Å². The van der Waals surface area contributed by atoms with Gasteiger partial charge >= 0.3 is 12.2 Å². The third-order valence-electron chi connectivity index (χ3n) is 11.0. The van der Waals surface area contributed by atoms with E-state index in [1.54, 1.807) is 30.0 Å². The molecule has 0 aromatic heterocycles. The molecule has 6 rings (SSSR count). The highest BCUT2D eigenvalue weighted by atomic mass is 16.7. The van der Waals surface area contributed by atoms with Crippen molar-refractivity contribution < 1.29 is 53.1 Å². The lowest BCUT2D eigenvalue weighted by molar-refractivity contribution is -0.256. The van der Waals surface area contributed by atoms with Crippen molar-refractivity contribution in [3.8, 4) is 23.0 Å². The molecule has 2 aliphatic heterocycles. The smallest absolute Gasteiger partial charge is 0.412 e. The van der Waals surface area contributed by atoms with Gasteiger partial charge in [0.05, 0.1) is 24.8 Å². The fourth-order valence-corrected chi connectivity index (χ4v) is 8.85. The van der Waals surface area contributed by atoms with Crippen LogP contribution in [0.4, 0.5) is 9.59 Å². The number of rotatable bonds is 18. The van der Waals surface area contributed by atoms with Crippen molar-refractivity contribution in [2.45, 2.75) is 83.1 Å². The molecule has 2 aromatic carbocycles. The van der Waals surface area contributed by atoms with E-state index in [-0.39, 0.29) is 63.9 Å². The highest BCUT2D eigenvalue weighted by Crippen LogP contribution is 2.62. The van der Waals surface area contributed by atoms with Crippen LogP contribution in [0.25, 0.3) is 0 Å². The van der Waals surface area contributed by atoms with E-state index in [0.717, 1.165) is 42.4 Å². The zero-order valence-corrected chi connectivity index (χ0v) is 32.6. The Morgan fingerprint density at radius 3 is 2.54 bits per heavy atom. The van der Waals surface area contributed by atoms with E-state index in [2.05, 4.69) is 23.1 Å². The van der Waals surface area contributed by atoms with Crippen molar-refractivity contribution in [3.05, 3.63) is 71.8 Å². The van der Waals surface area contributed by atoms with E-state index in [1.807, 2.05) is 31.2 Å². The molecular formula is C42H55N3O11. The molecule has 6 atom stereocenters. The van der Waals surface area contributed by atoms with Crippen molar-refractivity contribution in [1.29, 1.82) is 0 Å². The van der Waals surface area contributed by atoms with E-state index in [0.29, 0.717) is 48.1 Å². The molecule has 2 amide bonds. The molecule has 1 fully saturated rings. The van der Waals surface area contributed by atoms with Crippen LogP contribution < -0.4 is 24.3 Å². The minimum Gasteiger partial charge on any atom is -0.459 e. The molecule has 4 aliphatic rings. The van der Waals surface area contributed by atoms with Crippen LogP contribution in [0.1, 0.15) is 75.8 Å². The molecule has 0 saturated heterocycles. The number of aliphatic hydroxyl groups excluding tert-OH is 2. The Kier molecular flexibility index (Phi) is 13.8. The van der Waals surface area contributed by atoms with Gasteiger partial charge in [-0.2, -0.15) is 0 Å². The van der Waals surface area contributed by atoms with Gasteiger partial charge in [0.25, 0.3) is 0 Å². The van der Waals surface area contributed by atoms with Crippen molar-refractivity contribution in [2.75, 3.05) is 46.9 Å². The molecular weight excluding hydrogens is 722 g/mol.